The van der Waals surface area contributed by atoms with Gasteiger partial charge < -0.3 is 9.73 Å². The third kappa shape index (κ3) is 4.77. The first kappa shape index (κ1) is 19.2. The van der Waals surface area contributed by atoms with Crippen molar-refractivity contribution in [1.29, 1.82) is 0 Å². The number of anilines is 2. The summed E-state index contributed by atoms with van der Waals surface area (Å²) in [6.45, 7) is 3.40. The lowest BCUT2D eigenvalue weighted by molar-refractivity contribution is 0.0848. The van der Waals surface area contributed by atoms with Gasteiger partial charge in [0.15, 0.2) is 0 Å². The molecule has 0 saturated carbocycles. The van der Waals surface area contributed by atoms with E-state index in [-0.39, 0.29) is 0 Å². The van der Waals surface area contributed by atoms with E-state index >= 15 is 0 Å². The molecule has 2 aromatic heterocycles. The predicted octanol–water partition coefficient (Wildman–Crippen LogP) is 3.68. The van der Waals surface area contributed by atoms with Crippen molar-refractivity contribution >= 4 is 39.9 Å². The number of rotatable bonds is 4. The van der Waals surface area contributed by atoms with Gasteiger partial charge in [0.05, 0.1) is 15.4 Å². The molecule has 0 aliphatic heterocycles. The third-order valence-corrected chi connectivity index (χ3v) is 4.67. The minimum absolute atomic E-state index is 0.329. The summed E-state index contributed by atoms with van der Waals surface area (Å²) in [6, 6.07) is 13.3. The zero-order chi connectivity index (χ0) is 20.1. The second-order valence-electron chi connectivity index (χ2n) is 5.84. The topological polar surface area (TPSA) is 112 Å². The van der Waals surface area contributed by atoms with Crippen LogP contribution in [0, 0.1) is 13.8 Å². The first-order valence-electron chi connectivity index (χ1n) is 8.33. The summed E-state index contributed by atoms with van der Waals surface area (Å²) in [5, 5.41) is 5.83. The molecule has 0 bridgehead atoms. The molecule has 0 atom stereocenters. The SMILES string of the molecule is Cc1cc(C(=O)NNC(=O)c2ccc(NC(=O)Nc3ccccc3)s2)c(C)o1. The van der Waals surface area contributed by atoms with Crippen molar-refractivity contribution in [1.82, 2.24) is 10.9 Å². The van der Waals surface area contributed by atoms with Crippen LogP contribution in [0.4, 0.5) is 15.5 Å². The van der Waals surface area contributed by atoms with E-state index in [0.29, 0.717) is 32.6 Å². The van der Waals surface area contributed by atoms with Crippen LogP contribution in [-0.2, 0) is 0 Å². The molecule has 0 fully saturated rings. The van der Waals surface area contributed by atoms with E-state index in [0.717, 1.165) is 11.3 Å². The van der Waals surface area contributed by atoms with Gasteiger partial charge in [0.1, 0.15) is 11.5 Å². The number of hydrazine groups is 1. The Balaban J connectivity index is 1.53. The molecule has 3 rings (SSSR count). The van der Waals surface area contributed by atoms with Crippen LogP contribution in [-0.4, -0.2) is 17.8 Å². The van der Waals surface area contributed by atoms with E-state index in [1.807, 2.05) is 18.2 Å². The van der Waals surface area contributed by atoms with Crippen LogP contribution in [0.5, 0.6) is 0 Å². The van der Waals surface area contributed by atoms with E-state index in [2.05, 4.69) is 21.5 Å². The molecule has 2 heterocycles. The van der Waals surface area contributed by atoms with Crippen LogP contribution in [0.25, 0.3) is 0 Å². The summed E-state index contributed by atoms with van der Waals surface area (Å²) < 4.78 is 5.29. The number of aryl methyl sites for hydroxylation is 2. The molecule has 0 spiro atoms. The highest BCUT2D eigenvalue weighted by Crippen LogP contribution is 2.22. The van der Waals surface area contributed by atoms with Gasteiger partial charge in [-0.25, -0.2) is 4.79 Å². The van der Waals surface area contributed by atoms with Crippen LogP contribution in [0.2, 0.25) is 0 Å². The number of amides is 4. The number of thiophene rings is 1. The molecular formula is C19H18N4O4S. The number of carbonyl (C=O) groups is 3. The van der Waals surface area contributed by atoms with Gasteiger partial charge in [-0.2, -0.15) is 0 Å². The molecule has 0 aliphatic carbocycles. The van der Waals surface area contributed by atoms with Crippen molar-refractivity contribution in [3.8, 4) is 0 Å². The first-order chi connectivity index (χ1) is 13.4. The maximum absolute atomic E-state index is 12.2. The number of hydrogen-bond acceptors (Lipinski definition) is 5. The molecule has 1 aromatic carbocycles. The third-order valence-electron chi connectivity index (χ3n) is 3.67. The zero-order valence-electron chi connectivity index (χ0n) is 15.2. The molecule has 144 valence electrons. The van der Waals surface area contributed by atoms with Gasteiger partial charge in [0.2, 0.25) is 0 Å². The van der Waals surface area contributed by atoms with E-state index in [4.69, 9.17) is 4.42 Å². The number of para-hydroxylation sites is 1. The molecule has 8 nitrogen and oxygen atoms in total. The molecule has 28 heavy (non-hydrogen) atoms. The molecular weight excluding hydrogens is 380 g/mol. The van der Waals surface area contributed by atoms with Crippen LogP contribution in [0.15, 0.2) is 52.9 Å². The predicted molar refractivity (Wildman–Crippen MR) is 107 cm³/mol. The average Bonchev–Trinajstić information content (AvgIpc) is 3.26. The van der Waals surface area contributed by atoms with Gasteiger partial charge in [-0.05, 0) is 44.2 Å². The Morgan fingerprint density at radius 3 is 2.29 bits per heavy atom. The summed E-state index contributed by atoms with van der Waals surface area (Å²) in [5.41, 5.74) is 5.69. The number of nitrogens with one attached hydrogen (secondary N) is 4. The second kappa shape index (κ2) is 8.40. The summed E-state index contributed by atoms with van der Waals surface area (Å²) in [4.78, 5) is 36.6. The number of hydrogen-bond donors (Lipinski definition) is 4. The Morgan fingerprint density at radius 1 is 0.893 bits per heavy atom. The highest BCUT2D eigenvalue weighted by molar-refractivity contribution is 7.18. The van der Waals surface area contributed by atoms with Crippen LogP contribution in [0.1, 0.15) is 31.6 Å². The van der Waals surface area contributed by atoms with E-state index < -0.39 is 17.8 Å². The lowest BCUT2D eigenvalue weighted by Gasteiger charge is -2.06. The van der Waals surface area contributed by atoms with E-state index in [9.17, 15) is 14.4 Å². The highest BCUT2D eigenvalue weighted by Gasteiger charge is 2.16. The van der Waals surface area contributed by atoms with Gasteiger partial charge in [0.25, 0.3) is 11.8 Å². The van der Waals surface area contributed by atoms with Crippen molar-refractivity contribution in [2.45, 2.75) is 13.8 Å². The fraction of sp³-hybridized carbons (Fsp3) is 0.105. The van der Waals surface area contributed by atoms with Crippen molar-refractivity contribution in [3.63, 3.8) is 0 Å². The van der Waals surface area contributed by atoms with Gasteiger partial charge >= 0.3 is 6.03 Å². The van der Waals surface area contributed by atoms with Crippen LogP contribution >= 0.6 is 11.3 Å². The average molecular weight is 398 g/mol. The zero-order valence-corrected chi connectivity index (χ0v) is 16.0. The van der Waals surface area contributed by atoms with Crippen molar-refractivity contribution in [2.75, 3.05) is 10.6 Å². The van der Waals surface area contributed by atoms with E-state index in [1.54, 1.807) is 44.2 Å². The standard InChI is InChI=1S/C19H18N4O4S/c1-11-10-14(12(2)27-11)17(24)22-23-18(25)15-8-9-16(28-15)21-19(26)20-13-6-4-3-5-7-13/h3-10H,1-2H3,(H,22,24)(H,23,25)(H2,20,21,26). The van der Waals surface area contributed by atoms with Crippen molar-refractivity contribution in [3.05, 3.63) is 70.5 Å². The molecule has 9 heteroatoms. The quantitative estimate of drug-likeness (QED) is 0.502. The maximum Gasteiger partial charge on any atom is 0.324 e. The Morgan fingerprint density at radius 2 is 1.61 bits per heavy atom. The van der Waals surface area contributed by atoms with Crippen LogP contribution in [0.3, 0.4) is 0 Å². The molecule has 0 radical (unpaired) electrons. The summed E-state index contributed by atoms with van der Waals surface area (Å²) in [7, 11) is 0. The van der Waals surface area contributed by atoms with Crippen molar-refractivity contribution < 1.29 is 18.8 Å². The Bertz CT molecular complexity index is 1010. The monoisotopic (exact) mass is 398 g/mol. The first-order valence-corrected chi connectivity index (χ1v) is 9.14. The molecule has 0 aliphatic rings. The molecule has 3 aromatic rings. The smallest absolute Gasteiger partial charge is 0.324 e. The fourth-order valence-electron chi connectivity index (χ4n) is 2.42. The minimum Gasteiger partial charge on any atom is -0.466 e. The van der Waals surface area contributed by atoms with Gasteiger partial charge in [-0.15, -0.1) is 11.3 Å². The summed E-state index contributed by atoms with van der Waals surface area (Å²) in [5.74, 6) is 0.112. The Labute approximate surface area is 164 Å². The number of urea groups is 1. The Kier molecular flexibility index (Phi) is 5.75. The summed E-state index contributed by atoms with van der Waals surface area (Å²) in [6.07, 6.45) is 0. The normalized spacial score (nSPS) is 10.2. The number of carbonyl (C=O) groups excluding carboxylic acids is 3. The van der Waals surface area contributed by atoms with Gasteiger partial charge in [0, 0.05) is 5.69 Å². The minimum atomic E-state index is -0.493. The van der Waals surface area contributed by atoms with Gasteiger partial charge in [-0.3, -0.25) is 25.8 Å². The lowest BCUT2D eigenvalue weighted by atomic mass is 10.2. The lowest BCUT2D eigenvalue weighted by Crippen LogP contribution is -2.41. The molecule has 4 amide bonds. The highest BCUT2D eigenvalue weighted by atomic mass is 32.1. The number of furan rings is 1. The van der Waals surface area contributed by atoms with Crippen LogP contribution < -0.4 is 21.5 Å². The summed E-state index contributed by atoms with van der Waals surface area (Å²) >= 11 is 1.08. The largest absolute Gasteiger partial charge is 0.466 e. The fourth-order valence-corrected chi connectivity index (χ4v) is 3.22. The number of benzene rings is 1. The van der Waals surface area contributed by atoms with Gasteiger partial charge in [-0.1, -0.05) is 18.2 Å². The second-order valence-corrected chi connectivity index (χ2v) is 6.93. The maximum atomic E-state index is 12.2. The molecule has 4 N–H and O–H groups in total. The van der Waals surface area contributed by atoms with Crippen molar-refractivity contribution in [2.24, 2.45) is 0 Å². The Hall–Kier alpha value is -3.59. The molecule has 0 saturated heterocycles. The van der Waals surface area contributed by atoms with E-state index in [1.165, 1.54) is 0 Å². The molecule has 0 unspecified atom stereocenters.